The lowest BCUT2D eigenvalue weighted by atomic mass is 10.00. The molecule has 6 heteroatoms. The summed E-state index contributed by atoms with van der Waals surface area (Å²) in [6.07, 6.45) is -2.13. The molecule has 2 aromatic carbocycles. The van der Waals surface area contributed by atoms with E-state index >= 15 is 0 Å². The normalized spacial score (nSPS) is 17.8. The number of nitrogens with zero attached hydrogens (tertiary/aromatic N) is 2. The second-order valence-corrected chi connectivity index (χ2v) is 4.88. The summed E-state index contributed by atoms with van der Waals surface area (Å²) in [7, 11) is 1.38. The topological polar surface area (TPSA) is 32.7 Å². The summed E-state index contributed by atoms with van der Waals surface area (Å²) >= 11 is 0. The van der Waals surface area contributed by atoms with Crippen molar-refractivity contribution in [3.8, 4) is 0 Å². The lowest BCUT2D eigenvalue weighted by Crippen LogP contribution is -2.32. The van der Waals surface area contributed by atoms with Gasteiger partial charge in [-0.15, -0.1) is 0 Å². The molecule has 0 saturated carbocycles. The van der Waals surface area contributed by atoms with Crippen molar-refractivity contribution in [2.75, 3.05) is 11.9 Å². The SMILES string of the molecule is CN1C(=O)C(F)N=C(c2cccc(F)c2)c2cc(F)ccc21. The molecule has 3 rings (SSSR count). The van der Waals surface area contributed by atoms with Crippen LogP contribution in [0.4, 0.5) is 18.9 Å². The molecule has 2 aromatic rings. The molecule has 3 nitrogen and oxygen atoms in total. The van der Waals surface area contributed by atoms with Gasteiger partial charge in [0.05, 0.1) is 11.4 Å². The van der Waals surface area contributed by atoms with Crippen molar-refractivity contribution in [2.45, 2.75) is 6.30 Å². The van der Waals surface area contributed by atoms with Gasteiger partial charge >= 0.3 is 0 Å². The van der Waals surface area contributed by atoms with Gasteiger partial charge in [0, 0.05) is 18.2 Å². The van der Waals surface area contributed by atoms with Gasteiger partial charge in [0.1, 0.15) is 11.6 Å². The minimum atomic E-state index is -2.13. The van der Waals surface area contributed by atoms with Crippen LogP contribution < -0.4 is 4.90 Å². The third-order valence-electron chi connectivity index (χ3n) is 3.45. The number of carbonyl (C=O) groups is 1. The highest BCUT2D eigenvalue weighted by atomic mass is 19.1. The maximum Gasteiger partial charge on any atom is 0.284 e. The van der Waals surface area contributed by atoms with Gasteiger partial charge in [-0.25, -0.2) is 18.2 Å². The molecule has 0 spiro atoms. The molecule has 1 amide bonds. The number of hydrogen-bond acceptors (Lipinski definition) is 2. The highest BCUT2D eigenvalue weighted by Crippen LogP contribution is 2.28. The molecule has 1 unspecified atom stereocenters. The number of rotatable bonds is 1. The lowest BCUT2D eigenvalue weighted by molar-refractivity contribution is -0.122. The van der Waals surface area contributed by atoms with E-state index in [1.807, 2.05) is 0 Å². The maximum atomic E-state index is 14.0. The van der Waals surface area contributed by atoms with Crippen molar-refractivity contribution < 1.29 is 18.0 Å². The second kappa shape index (κ2) is 5.29. The maximum absolute atomic E-state index is 14.0. The van der Waals surface area contributed by atoms with Crippen LogP contribution >= 0.6 is 0 Å². The minimum absolute atomic E-state index is 0.0409. The molecule has 1 atom stereocenters. The van der Waals surface area contributed by atoms with Crippen LogP contribution in [0.3, 0.4) is 0 Å². The molecule has 1 aliphatic heterocycles. The molecule has 0 aliphatic carbocycles. The summed E-state index contributed by atoms with van der Waals surface area (Å²) in [5.41, 5.74) is 0.868. The molecule has 1 aliphatic rings. The summed E-state index contributed by atoms with van der Waals surface area (Å²) in [5, 5.41) is 0. The van der Waals surface area contributed by atoms with E-state index < -0.39 is 23.8 Å². The molecule has 112 valence electrons. The highest BCUT2D eigenvalue weighted by molar-refractivity contribution is 6.19. The number of carbonyl (C=O) groups excluding carboxylic acids is 1. The van der Waals surface area contributed by atoms with Crippen LogP contribution in [0.15, 0.2) is 47.5 Å². The van der Waals surface area contributed by atoms with Crippen molar-refractivity contribution in [1.29, 1.82) is 0 Å². The molecule has 22 heavy (non-hydrogen) atoms. The van der Waals surface area contributed by atoms with Gasteiger partial charge in [-0.05, 0) is 30.3 Å². The first kappa shape index (κ1) is 14.3. The quantitative estimate of drug-likeness (QED) is 0.745. The predicted molar refractivity (Wildman–Crippen MR) is 76.7 cm³/mol. The fourth-order valence-corrected chi connectivity index (χ4v) is 2.37. The molecule has 1 heterocycles. The van der Waals surface area contributed by atoms with E-state index in [1.54, 1.807) is 0 Å². The van der Waals surface area contributed by atoms with Crippen LogP contribution in [0.5, 0.6) is 0 Å². The molecular weight excluding hydrogens is 293 g/mol. The second-order valence-electron chi connectivity index (χ2n) is 4.88. The molecule has 0 radical (unpaired) electrons. The van der Waals surface area contributed by atoms with Gasteiger partial charge in [-0.3, -0.25) is 4.79 Å². The van der Waals surface area contributed by atoms with E-state index in [-0.39, 0.29) is 16.8 Å². The van der Waals surface area contributed by atoms with Crippen LogP contribution in [0.25, 0.3) is 0 Å². The Kier molecular flexibility index (Phi) is 3.44. The first-order valence-corrected chi connectivity index (χ1v) is 6.52. The number of hydrogen-bond donors (Lipinski definition) is 0. The Morgan fingerprint density at radius 3 is 2.55 bits per heavy atom. The first-order valence-electron chi connectivity index (χ1n) is 6.52. The van der Waals surface area contributed by atoms with Crippen LogP contribution in [0.2, 0.25) is 0 Å². The van der Waals surface area contributed by atoms with Crippen molar-refractivity contribution in [2.24, 2.45) is 4.99 Å². The summed E-state index contributed by atoms with van der Waals surface area (Å²) in [5.74, 6) is -1.95. The van der Waals surface area contributed by atoms with Crippen molar-refractivity contribution in [1.82, 2.24) is 0 Å². The number of benzene rings is 2. The van der Waals surface area contributed by atoms with E-state index in [4.69, 9.17) is 0 Å². The van der Waals surface area contributed by atoms with E-state index in [9.17, 15) is 18.0 Å². The smallest absolute Gasteiger partial charge is 0.284 e. The Bertz CT molecular complexity index is 789. The monoisotopic (exact) mass is 304 g/mol. The van der Waals surface area contributed by atoms with Crippen LogP contribution in [-0.4, -0.2) is 25.0 Å². The van der Waals surface area contributed by atoms with Gasteiger partial charge in [0.15, 0.2) is 0 Å². The lowest BCUT2D eigenvalue weighted by Gasteiger charge is -2.18. The predicted octanol–water partition coefficient (Wildman–Crippen LogP) is 3.07. The summed E-state index contributed by atoms with van der Waals surface area (Å²) < 4.78 is 41.0. The molecule has 0 bridgehead atoms. The number of halogens is 3. The Balaban J connectivity index is 2.28. The van der Waals surface area contributed by atoms with Gasteiger partial charge in [0.25, 0.3) is 12.2 Å². The van der Waals surface area contributed by atoms with E-state index in [0.29, 0.717) is 5.69 Å². The third kappa shape index (κ3) is 2.36. The largest absolute Gasteiger partial charge is 0.311 e. The fourth-order valence-electron chi connectivity index (χ4n) is 2.37. The standard InChI is InChI=1S/C16H11F3N2O/c1-21-13-6-5-11(18)8-12(13)14(20-15(19)16(21)22)9-3-2-4-10(17)7-9/h2-8,15H,1H3. The summed E-state index contributed by atoms with van der Waals surface area (Å²) in [6, 6.07) is 9.06. The van der Waals surface area contributed by atoms with E-state index in [0.717, 1.165) is 17.0 Å². The van der Waals surface area contributed by atoms with E-state index in [2.05, 4.69) is 4.99 Å². The van der Waals surface area contributed by atoms with Gasteiger partial charge in [0.2, 0.25) is 0 Å². The van der Waals surface area contributed by atoms with Crippen LogP contribution in [0, 0.1) is 11.6 Å². The first-order chi connectivity index (χ1) is 10.5. The molecule has 0 fully saturated rings. The Hall–Kier alpha value is -2.63. The third-order valence-corrected chi connectivity index (χ3v) is 3.45. The van der Waals surface area contributed by atoms with Gasteiger partial charge < -0.3 is 4.90 Å². The van der Waals surface area contributed by atoms with Crippen LogP contribution in [-0.2, 0) is 4.79 Å². The Morgan fingerprint density at radius 1 is 1.09 bits per heavy atom. The zero-order valence-corrected chi connectivity index (χ0v) is 11.6. The summed E-state index contributed by atoms with van der Waals surface area (Å²) in [4.78, 5) is 16.7. The Labute approximate surface area is 124 Å². The summed E-state index contributed by atoms with van der Waals surface area (Å²) in [6.45, 7) is 0. The van der Waals surface area contributed by atoms with Gasteiger partial charge in [-0.1, -0.05) is 12.1 Å². The van der Waals surface area contributed by atoms with E-state index in [1.165, 1.54) is 37.4 Å². The van der Waals surface area contributed by atoms with Crippen molar-refractivity contribution in [3.63, 3.8) is 0 Å². The minimum Gasteiger partial charge on any atom is -0.311 e. The van der Waals surface area contributed by atoms with Gasteiger partial charge in [-0.2, -0.15) is 0 Å². The average molecular weight is 304 g/mol. The number of benzodiazepines with no additional fused rings is 1. The number of amides is 1. The molecule has 0 aromatic heterocycles. The number of fused-ring (bicyclic) bond motifs is 1. The number of alkyl halides is 1. The van der Waals surface area contributed by atoms with Crippen molar-refractivity contribution in [3.05, 3.63) is 65.2 Å². The molecule has 0 N–H and O–H groups in total. The molecular formula is C16H11F3N2O. The van der Waals surface area contributed by atoms with Crippen LogP contribution in [0.1, 0.15) is 11.1 Å². The Morgan fingerprint density at radius 2 is 1.82 bits per heavy atom. The zero-order valence-electron chi connectivity index (χ0n) is 11.6. The zero-order chi connectivity index (χ0) is 15.9. The highest BCUT2D eigenvalue weighted by Gasteiger charge is 2.30. The number of anilines is 1. The number of aliphatic imine (C=N–C) groups is 1. The average Bonchev–Trinajstić information content (AvgIpc) is 2.58. The number of likely N-dealkylation sites (N-methyl/N-ethyl adjacent to an activating group) is 1. The van der Waals surface area contributed by atoms with Crippen molar-refractivity contribution >= 4 is 17.3 Å². The fraction of sp³-hybridized carbons (Fsp3) is 0.125. The molecule has 0 saturated heterocycles.